The number of nitrogens with one attached hydrogen (secondary N) is 1. The molecule has 0 spiro atoms. The minimum atomic E-state index is -0.456. The zero-order valence-electron chi connectivity index (χ0n) is 15.9. The van der Waals surface area contributed by atoms with E-state index in [0.29, 0.717) is 5.16 Å². The van der Waals surface area contributed by atoms with Crippen LogP contribution in [0.3, 0.4) is 0 Å². The first kappa shape index (κ1) is 19.6. The van der Waals surface area contributed by atoms with Crippen LogP contribution in [-0.4, -0.2) is 26.4 Å². The van der Waals surface area contributed by atoms with Crippen molar-refractivity contribution in [2.45, 2.75) is 25.0 Å². The fourth-order valence-corrected chi connectivity index (χ4v) is 4.86. The lowest BCUT2D eigenvalue weighted by atomic mass is 10.1. The van der Waals surface area contributed by atoms with Gasteiger partial charge >= 0.3 is 0 Å². The highest BCUT2D eigenvalue weighted by Gasteiger charge is 2.20. The Kier molecular flexibility index (Phi) is 5.64. The first-order chi connectivity index (χ1) is 14.0. The van der Waals surface area contributed by atoms with Gasteiger partial charge in [-0.3, -0.25) is 9.36 Å². The van der Waals surface area contributed by atoms with Crippen molar-refractivity contribution >= 4 is 44.8 Å². The third-order valence-electron chi connectivity index (χ3n) is 4.38. The second kappa shape index (κ2) is 8.34. The second-order valence-corrected chi connectivity index (χ2v) is 8.59. The van der Waals surface area contributed by atoms with Crippen LogP contribution in [0.15, 0.2) is 59.1 Å². The lowest BCUT2D eigenvalue weighted by molar-refractivity contribution is -0.113. The van der Waals surface area contributed by atoms with Crippen LogP contribution in [-0.2, 0) is 4.79 Å². The smallest absolute Gasteiger partial charge is 0.234 e. The Balaban J connectivity index is 1.56. The van der Waals surface area contributed by atoms with Gasteiger partial charge in [0, 0.05) is 27.1 Å². The minimum absolute atomic E-state index is 0.115. The summed E-state index contributed by atoms with van der Waals surface area (Å²) in [4.78, 5) is 12.3. The first-order valence-corrected chi connectivity index (χ1v) is 11.0. The molecule has 1 N–H and O–H groups in total. The summed E-state index contributed by atoms with van der Waals surface area (Å²) >= 11 is 2.96. The molecule has 5 nitrogen and oxygen atoms in total. The fraction of sp³-hybridized carbons (Fsp3) is 0.190. The number of fused-ring (bicyclic) bond motifs is 1. The van der Waals surface area contributed by atoms with E-state index in [2.05, 4.69) is 46.9 Å². The van der Waals surface area contributed by atoms with E-state index >= 15 is 0 Å². The number of amides is 1. The van der Waals surface area contributed by atoms with Gasteiger partial charge in [0.1, 0.15) is 5.82 Å². The van der Waals surface area contributed by atoms with Gasteiger partial charge in [0.25, 0.3) is 0 Å². The average Bonchev–Trinajstić information content (AvgIpc) is 3.32. The SMILES string of the molecule is CC(C)n1c(SCC(=O)Nc2ccccc2F)nnc1-c1csc2ccccc12. The maximum absolute atomic E-state index is 13.7. The summed E-state index contributed by atoms with van der Waals surface area (Å²) in [5.41, 5.74) is 1.21. The molecule has 0 atom stereocenters. The molecular formula is C21H19FN4OS2. The fourth-order valence-electron chi connectivity index (χ4n) is 3.05. The lowest BCUT2D eigenvalue weighted by Crippen LogP contribution is -2.15. The molecule has 8 heteroatoms. The Morgan fingerprint density at radius 1 is 1.17 bits per heavy atom. The predicted molar refractivity (Wildman–Crippen MR) is 117 cm³/mol. The molecular weight excluding hydrogens is 407 g/mol. The van der Waals surface area contributed by atoms with Crippen molar-refractivity contribution in [2.75, 3.05) is 11.1 Å². The molecule has 0 bridgehead atoms. The Hall–Kier alpha value is -2.71. The van der Waals surface area contributed by atoms with Crippen LogP contribution >= 0.6 is 23.1 Å². The summed E-state index contributed by atoms with van der Waals surface area (Å²) in [6.07, 6.45) is 0. The average molecular weight is 427 g/mol. The number of nitrogens with zero attached hydrogens (tertiary/aromatic N) is 3. The predicted octanol–water partition coefficient (Wildman–Crippen LogP) is 5.61. The number of benzene rings is 2. The third-order valence-corrected chi connectivity index (χ3v) is 6.29. The van der Waals surface area contributed by atoms with E-state index in [1.165, 1.54) is 28.6 Å². The Morgan fingerprint density at radius 3 is 2.72 bits per heavy atom. The Morgan fingerprint density at radius 2 is 1.93 bits per heavy atom. The maximum Gasteiger partial charge on any atom is 0.234 e. The van der Waals surface area contributed by atoms with E-state index in [0.717, 1.165) is 16.8 Å². The number of halogens is 1. The van der Waals surface area contributed by atoms with Gasteiger partial charge in [-0.05, 0) is 32.0 Å². The summed E-state index contributed by atoms with van der Waals surface area (Å²) in [5.74, 6) is 0.155. The molecule has 2 heterocycles. The molecule has 2 aromatic carbocycles. The number of hydrogen-bond donors (Lipinski definition) is 1. The topological polar surface area (TPSA) is 59.8 Å². The molecule has 4 rings (SSSR count). The van der Waals surface area contributed by atoms with Crippen molar-refractivity contribution in [2.24, 2.45) is 0 Å². The van der Waals surface area contributed by atoms with Crippen molar-refractivity contribution in [1.29, 1.82) is 0 Å². The van der Waals surface area contributed by atoms with Gasteiger partial charge in [-0.2, -0.15) is 0 Å². The summed E-state index contributed by atoms with van der Waals surface area (Å²) < 4.78 is 17.0. The van der Waals surface area contributed by atoms with Gasteiger partial charge in [-0.1, -0.05) is 42.1 Å². The molecule has 2 aromatic heterocycles. The van der Waals surface area contributed by atoms with Crippen LogP contribution in [0, 0.1) is 5.82 Å². The zero-order chi connectivity index (χ0) is 20.4. The van der Waals surface area contributed by atoms with Crippen LogP contribution in [0.2, 0.25) is 0 Å². The highest BCUT2D eigenvalue weighted by molar-refractivity contribution is 7.99. The monoisotopic (exact) mass is 426 g/mol. The first-order valence-electron chi connectivity index (χ1n) is 9.13. The van der Waals surface area contributed by atoms with Gasteiger partial charge in [0.2, 0.25) is 5.91 Å². The molecule has 0 unspecified atom stereocenters. The van der Waals surface area contributed by atoms with Crippen molar-refractivity contribution in [3.8, 4) is 11.4 Å². The summed E-state index contributed by atoms with van der Waals surface area (Å²) in [7, 11) is 0. The van der Waals surface area contributed by atoms with Crippen LogP contribution in [0.25, 0.3) is 21.5 Å². The van der Waals surface area contributed by atoms with Gasteiger partial charge in [0.15, 0.2) is 11.0 Å². The number of thiophene rings is 1. The number of carbonyl (C=O) groups is 1. The molecule has 1 amide bonds. The minimum Gasteiger partial charge on any atom is -0.323 e. The van der Waals surface area contributed by atoms with Gasteiger partial charge in [-0.15, -0.1) is 21.5 Å². The molecule has 4 aromatic rings. The van der Waals surface area contributed by atoms with Crippen LogP contribution < -0.4 is 5.32 Å². The molecule has 0 radical (unpaired) electrons. The van der Waals surface area contributed by atoms with E-state index in [-0.39, 0.29) is 23.4 Å². The van der Waals surface area contributed by atoms with Gasteiger partial charge in [0.05, 0.1) is 11.4 Å². The van der Waals surface area contributed by atoms with Crippen molar-refractivity contribution in [3.63, 3.8) is 0 Å². The van der Waals surface area contributed by atoms with Crippen molar-refractivity contribution < 1.29 is 9.18 Å². The van der Waals surface area contributed by atoms with Gasteiger partial charge < -0.3 is 5.32 Å². The van der Waals surface area contributed by atoms with Crippen molar-refractivity contribution in [3.05, 3.63) is 59.7 Å². The highest BCUT2D eigenvalue weighted by Crippen LogP contribution is 2.35. The third kappa shape index (κ3) is 4.04. The number of thioether (sulfide) groups is 1. The number of rotatable bonds is 6. The van der Waals surface area contributed by atoms with E-state index in [1.54, 1.807) is 23.5 Å². The largest absolute Gasteiger partial charge is 0.323 e. The Bertz CT molecular complexity index is 1170. The maximum atomic E-state index is 13.7. The number of carbonyl (C=O) groups excluding carboxylic acids is 1. The van der Waals surface area contributed by atoms with Crippen LogP contribution in [0.5, 0.6) is 0 Å². The normalized spacial score (nSPS) is 11.3. The summed E-state index contributed by atoms with van der Waals surface area (Å²) in [5, 5.41) is 15.2. The summed E-state index contributed by atoms with van der Waals surface area (Å²) in [6, 6.07) is 14.4. The lowest BCUT2D eigenvalue weighted by Gasteiger charge is -2.13. The number of anilines is 1. The van der Waals surface area contributed by atoms with E-state index in [1.807, 2.05) is 16.7 Å². The van der Waals surface area contributed by atoms with Gasteiger partial charge in [-0.25, -0.2) is 4.39 Å². The molecule has 29 heavy (non-hydrogen) atoms. The molecule has 0 saturated carbocycles. The van der Waals surface area contributed by atoms with E-state index in [4.69, 9.17) is 0 Å². The van der Waals surface area contributed by atoms with E-state index in [9.17, 15) is 9.18 Å². The van der Waals surface area contributed by atoms with E-state index < -0.39 is 5.82 Å². The molecule has 0 aliphatic carbocycles. The molecule has 0 aliphatic heterocycles. The molecule has 0 fully saturated rings. The van der Waals surface area contributed by atoms with Crippen LogP contribution in [0.1, 0.15) is 19.9 Å². The molecule has 148 valence electrons. The summed E-state index contributed by atoms with van der Waals surface area (Å²) in [6.45, 7) is 4.12. The quantitative estimate of drug-likeness (QED) is 0.407. The standard InChI is InChI=1S/C21H19FN4OS2/c1-13(2)26-20(15-11-28-18-10-6-3-7-14(15)18)24-25-21(26)29-12-19(27)23-17-9-5-4-8-16(17)22/h3-11,13H,12H2,1-2H3,(H,23,27). The van der Waals surface area contributed by atoms with Crippen LogP contribution in [0.4, 0.5) is 10.1 Å². The number of hydrogen-bond acceptors (Lipinski definition) is 5. The zero-order valence-corrected chi connectivity index (χ0v) is 17.6. The highest BCUT2D eigenvalue weighted by atomic mass is 32.2. The Labute approximate surface area is 176 Å². The van der Waals surface area contributed by atoms with Crippen molar-refractivity contribution in [1.82, 2.24) is 14.8 Å². The number of aromatic nitrogens is 3. The molecule has 0 saturated heterocycles. The second-order valence-electron chi connectivity index (χ2n) is 6.73. The number of para-hydroxylation sites is 1. The molecule has 0 aliphatic rings.